The van der Waals surface area contributed by atoms with E-state index in [9.17, 15) is 9.90 Å². The molecule has 2 aromatic carbocycles. The van der Waals surface area contributed by atoms with E-state index in [1.807, 2.05) is 70.4 Å². The predicted octanol–water partition coefficient (Wildman–Crippen LogP) is 3.31. The van der Waals surface area contributed by atoms with Crippen LogP contribution >= 0.6 is 0 Å². The maximum Gasteiger partial charge on any atom is 0.240 e. The predicted molar refractivity (Wildman–Crippen MR) is 140 cm³/mol. The van der Waals surface area contributed by atoms with Crippen molar-refractivity contribution in [2.24, 2.45) is 5.92 Å². The van der Waals surface area contributed by atoms with Crippen molar-refractivity contribution in [2.45, 2.75) is 31.9 Å². The summed E-state index contributed by atoms with van der Waals surface area (Å²) < 4.78 is 7.63. The molecule has 1 aromatic heterocycles. The first-order valence-corrected chi connectivity index (χ1v) is 12.5. The number of hydrogen-bond donors (Lipinski definition) is 2. The fraction of sp³-hybridized carbons (Fsp3) is 0.393. The molecule has 2 heterocycles. The molecule has 36 heavy (non-hydrogen) atoms. The van der Waals surface area contributed by atoms with Crippen molar-refractivity contribution in [3.63, 3.8) is 0 Å². The van der Waals surface area contributed by atoms with Gasteiger partial charge in [0, 0.05) is 44.5 Å². The zero-order chi connectivity index (χ0) is 25.3. The van der Waals surface area contributed by atoms with Gasteiger partial charge in [-0.25, -0.2) is 0 Å². The number of piperazine rings is 1. The molecule has 1 aliphatic rings. The lowest BCUT2D eigenvalue weighted by Crippen LogP contribution is -2.48. The maximum atomic E-state index is 12.2. The molecule has 8 heteroatoms. The number of aliphatic hydroxyl groups is 1. The molecular formula is C28H35N5O3. The van der Waals surface area contributed by atoms with E-state index in [0.717, 1.165) is 35.5 Å². The largest absolute Gasteiger partial charge is 0.395 e. The Kier molecular flexibility index (Phi) is 9.00. The van der Waals surface area contributed by atoms with Crippen molar-refractivity contribution in [3.8, 4) is 0 Å². The molecule has 1 aliphatic heterocycles. The van der Waals surface area contributed by atoms with Crippen molar-refractivity contribution in [3.05, 3.63) is 89.8 Å². The SMILES string of the molecule is CO[C@H](c1ccc(N2CCNCC2=O)cc1)[C@H](C)/C=C/CCn1cc(C(CO)c2ccccc2)nn1. The standard InChI is InChI=1S/C28H35N5O3/c1-21(28(36-2)23-11-13-24(14-12-23)33-17-15-29-18-27(33)35)8-6-7-16-32-19-26(30-31-32)25(20-34)22-9-4-3-5-10-22/h3-6,8-14,19,21,25,28-29,34H,7,15-18,20H2,1-2H3/b8-6+/t21-,25?,28+/m1/s1. The fourth-order valence-electron chi connectivity index (χ4n) is 4.63. The van der Waals surface area contributed by atoms with Gasteiger partial charge in [0.15, 0.2) is 0 Å². The van der Waals surface area contributed by atoms with E-state index < -0.39 is 0 Å². The van der Waals surface area contributed by atoms with Gasteiger partial charge in [-0.1, -0.05) is 66.8 Å². The van der Waals surface area contributed by atoms with Gasteiger partial charge in [0.2, 0.25) is 5.91 Å². The molecule has 8 nitrogen and oxygen atoms in total. The third-order valence-corrected chi connectivity index (χ3v) is 6.62. The zero-order valence-corrected chi connectivity index (χ0v) is 21.0. The molecule has 1 fully saturated rings. The molecule has 0 radical (unpaired) electrons. The highest BCUT2D eigenvalue weighted by molar-refractivity contribution is 5.95. The Hall–Kier alpha value is -3.33. The summed E-state index contributed by atoms with van der Waals surface area (Å²) in [4.78, 5) is 14.0. The van der Waals surface area contributed by atoms with Crippen LogP contribution in [-0.2, 0) is 16.1 Å². The van der Waals surface area contributed by atoms with Gasteiger partial charge < -0.3 is 20.1 Å². The average molecular weight is 490 g/mol. The molecule has 2 N–H and O–H groups in total. The quantitative estimate of drug-likeness (QED) is 0.402. The van der Waals surface area contributed by atoms with Gasteiger partial charge in [-0.05, 0) is 29.7 Å². The van der Waals surface area contributed by atoms with Crippen molar-refractivity contribution in [1.29, 1.82) is 0 Å². The smallest absolute Gasteiger partial charge is 0.240 e. The van der Waals surface area contributed by atoms with Gasteiger partial charge in [-0.3, -0.25) is 9.48 Å². The summed E-state index contributed by atoms with van der Waals surface area (Å²) in [7, 11) is 1.73. The van der Waals surface area contributed by atoms with Gasteiger partial charge in [0.25, 0.3) is 0 Å². The minimum absolute atomic E-state index is 0.00887. The minimum Gasteiger partial charge on any atom is -0.395 e. The highest BCUT2D eigenvalue weighted by Crippen LogP contribution is 2.29. The number of anilines is 1. The van der Waals surface area contributed by atoms with Crippen LogP contribution in [0.2, 0.25) is 0 Å². The average Bonchev–Trinajstić information content (AvgIpc) is 3.37. The molecular weight excluding hydrogens is 454 g/mol. The molecule has 3 aromatic rings. The number of benzene rings is 2. The Labute approximate surface area is 212 Å². The minimum atomic E-state index is -0.172. The van der Waals surface area contributed by atoms with Crippen LogP contribution in [-0.4, -0.2) is 59.4 Å². The number of amides is 1. The number of ether oxygens (including phenoxy) is 1. The number of aryl methyl sites for hydroxylation is 1. The number of aliphatic hydroxyl groups excluding tert-OH is 1. The summed E-state index contributed by atoms with van der Waals surface area (Å²) in [6.45, 7) is 4.71. The van der Waals surface area contributed by atoms with Crippen molar-refractivity contribution >= 4 is 11.6 Å². The third-order valence-electron chi connectivity index (χ3n) is 6.62. The number of methoxy groups -OCH3 is 1. The molecule has 0 spiro atoms. The lowest BCUT2D eigenvalue weighted by molar-refractivity contribution is -0.118. The molecule has 1 amide bonds. The van der Waals surface area contributed by atoms with E-state index in [1.54, 1.807) is 7.11 Å². The number of hydrogen-bond acceptors (Lipinski definition) is 6. The number of nitrogens with zero attached hydrogens (tertiary/aromatic N) is 4. The molecule has 4 rings (SSSR count). The molecule has 0 bridgehead atoms. The number of aromatic nitrogens is 3. The Morgan fingerprint density at radius 3 is 2.61 bits per heavy atom. The first kappa shape index (κ1) is 25.8. The monoisotopic (exact) mass is 489 g/mol. The van der Waals surface area contributed by atoms with Crippen LogP contribution in [0.4, 0.5) is 5.69 Å². The van der Waals surface area contributed by atoms with Crippen LogP contribution in [0.5, 0.6) is 0 Å². The summed E-state index contributed by atoms with van der Waals surface area (Å²) in [6.07, 6.45) is 6.95. The second-order valence-corrected chi connectivity index (χ2v) is 9.10. The molecule has 3 atom stereocenters. The molecule has 190 valence electrons. The van der Waals surface area contributed by atoms with E-state index in [2.05, 4.69) is 34.7 Å². The summed E-state index contributed by atoms with van der Waals surface area (Å²) in [5.74, 6) is 0.0962. The van der Waals surface area contributed by atoms with E-state index in [1.165, 1.54) is 0 Å². The first-order chi connectivity index (χ1) is 17.6. The number of allylic oxidation sites excluding steroid dienone is 1. The van der Waals surface area contributed by atoms with Crippen LogP contribution in [0.15, 0.2) is 72.9 Å². The number of rotatable bonds is 11. The van der Waals surface area contributed by atoms with Crippen LogP contribution in [0.25, 0.3) is 0 Å². The fourth-order valence-corrected chi connectivity index (χ4v) is 4.63. The van der Waals surface area contributed by atoms with Gasteiger partial charge in [-0.2, -0.15) is 0 Å². The highest BCUT2D eigenvalue weighted by atomic mass is 16.5. The van der Waals surface area contributed by atoms with Crippen LogP contribution in [0.3, 0.4) is 0 Å². The molecule has 0 aliphatic carbocycles. The number of carbonyl (C=O) groups is 1. The van der Waals surface area contributed by atoms with E-state index in [0.29, 0.717) is 19.6 Å². The van der Waals surface area contributed by atoms with Crippen molar-refractivity contribution in [1.82, 2.24) is 20.3 Å². The van der Waals surface area contributed by atoms with Crippen LogP contribution in [0.1, 0.15) is 42.2 Å². The van der Waals surface area contributed by atoms with Crippen molar-refractivity contribution < 1.29 is 14.6 Å². The highest BCUT2D eigenvalue weighted by Gasteiger charge is 2.21. The second kappa shape index (κ2) is 12.6. The molecule has 0 saturated carbocycles. The van der Waals surface area contributed by atoms with E-state index in [-0.39, 0.29) is 30.5 Å². The number of nitrogens with one attached hydrogen (secondary N) is 1. The van der Waals surface area contributed by atoms with Gasteiger partial charge in [-0.15, -0.1) is 5.10 Å². The Bertz CT molecular complexity index is 1130. The van der Waals surface area contributed by atoms with Gasteiger partial charge in [0.05, 0.1) is 30.9 Å². The van der Waals surface area contributed by atoms with Crippen LogP contribution in [0, 0.1) is 5.92 Å². The summed E-state index contributed by atoms with van der Waals surface area (Å²) >= 11 is 0. The second-order valence-electron chi connectivity index (χ2n) is 9.10. The third kappa shape index (κ3) is 6.26. The van der Waals surface area contributed by atoms with Gasteiger partial charge in [0.1, 0.15) is 0 Å². The topological polar surface area (TPSA) is 92.5 Å². The lowest BCUT2D eigenvalue weighted by Gasteiger charge is -2.28. The Morgan fingerprint density at radius 1 is 1.14 bits per heavy atom. The Morgan fingerprint density at radius 2 is 1.92 bits per heavy atom. The van der Waals surface area contributed by atoms with Gasteiger partial charge >= 0.3 is 0 Å². The Balaban J connectivity index is 1.31. The summed E-state index contributed by atoms with van der Waals surface area (Å²) in [5.41, 5.74) is 3.80. The first-order valence-electron chi connectivity index (χ1n) is 12.5. The lowest BCUT2D eigenvalue weighted by atomic mass is 9.96. The van der Waals surface area contributed by atoms with Crippen LogP contribution < -0.4 is 10.2 Å². The van der Waals surface area contributed by atoms with Crippen molar-refractivity contribution in [2.75, 3.05) is 38.3 Å². The van der Waals surface area contributed by atoms with E-state index in [4.69, 9.17) is 4.74 Å². The normalized spacial score (nSPS) is 16.9. The molecule has 1 unspecified atom stereocenters. The maximum absolute atomic E-state index is 12.2. The molecule has 1 saturated heterocycles. The summed E-state index contributed by atoms with van der Waals surface area (Å²) in [6, 6.07) is 18.0. The number of carbonyl (C=O) groups excluding carboxylic acids is 1. The zero-order valence-electron chi connectivity index (χ0n) is 21.0. The van der Waals surface area contributed by atoms with E-state index >= 15 is 0 Å². The summed E-state index contributed by atoms with van der Waals surface area (Å²) in [5, 5.41) is 21.5.